The number of benzene rings is 1. The lowest BCUT2D eigenvalue weighted by Crippen LogP contribution is -2.54. The molecule has 33 heavy (non-hydrogen) atoms. The van der Waals surface area contributed by atoms with Crippen LogP contribution in [0.1, 0.15) is 64.8 Å². The van der Waals surface area contributed by atoms with Gasteiger partial charge in [-0.05, 0) is 54.0 Å². The molecule has 1 heterocycles. The van der Waals surface area contributed by atoms with E-state index in [9.17, 15) is 4.79 Å². The molecule has 0 saturated carbocycles. The summed E-state index contributed by atoms with van der Waals surface area (Å²) in [7, 11) is 1.92. The minimum atomic E-state index is -0.567. The van der Waals surface area contributed by atoms with E-state index < -0.39 is 17.2 Å². The van der Waals surface area contributed by atoms with Gasteiger partial charge in [0, 0.05) is 13.6 Å². The van der Waals surface area contributed by atoms with Crippen molar-refractivity contribution in [2.24, 2.45) is 12.0 Å². The molecule has 0 bridgehead atoms. The normalized spacial score (nSPS) is 13.0. The second-order valence-corrected chi connectivity index (χ2v) is 9.53. The van der Waals surface area contributed by atoms with Crippen LogP contribution in [0, 0.1) is 6.92 Å². The molecule has 10 heteroatoms. The van der Waals surface area contributed by atoms with E-state index in [0.29, 0.717) is 19.0 Å². The number of nitrogens with one attached hydrogen (secondary N) is 3. The number of halogens is 1. The molecule has 1 aromatic carbocycles. The summed E-state index contributed by atoms with van der Waals surface area (Å²) in [4.78, 5) is 16.9. The van der Waals surface area contributed by atoms with E-state index in [2.05, 4.69) is 45.2 Å². The van der Waals surface area contributed by atoms with Crippen molar-refractivity contribution in [2.75, 3.05) is 6.54 Å². The number of amides is 1. The molecule has 0 spiro atoms. The summed E-state index contributed by atoms with van der Waals surface area (Å²) >= 11 is 0. The number of aryl methyl sites for hydroxylation is 1. The fraction of sp³-hybridized carbons (Fsp3) is 0.565. The predicted octanol–water partition coefficient (Wildman–Crippen LogP) is 3.84. The number of ether oxygens (including phenoxy) is 1. The Labute approximate surface area is 214 Å². The highest BCUT2D eigenvalue weighted by atomic mass is 127. The number of carbonyl (C=O) groups excluding carboxylic acids is 1. The predicted molar refractivity (Wildman–Crippen MR) is 142 cm³/mol. The summed E-state index contributed by atoms with van der Waals surface area (Å²) in [5.41, 5.74) is 0.0196. The van der Waals surface area contributed by atoms with Gasteiger partial charge in [0.15, 0.2) is 11.8 Å². The maximum absolute atomic E-state index is 12.2. The van der Waals surface area contributed by atoms with Crippen LogP contribution in [0.25, 0.3) is 0 Å². The maximum Gasteiger partial charge on any atom is 0.408 e. The third kappa shape index (κ3) is 9.97. The molecule has 1 aromatic heterocycles. The van der Waals surface area contributed by atoms with Crippen LogP contribution in [0.4, 0.5) is 4.79 Å². The van der Waals surface area contributed by atoms with E-state index in [1.807, 2.05) is 71.4 Å². The van der Waals surface area contributed by atoms with Gasteiger partial charge < -0.3 is 25.3 Å². The van der Waals surface area contributed by atoms with E-state index in [1.165, 1.54) is 0 Å². The Bertz CT molecular complexity index is 921. The Morgan fingerprint density at radius 1 is 1.15 bits per heavy atom. The van der Waals surface area contributed by atoms with Gasteiger partial charge in [-0.15, -0.1) is 34.2 Å². The Morgan fingerprint density at radius 2 is 1.79 bits per heavy atom. The van der Waals surface area contributed by atoms with Crippen LogP contribution in [-0.4, -0.2) is 44.5 Å². The van der Waals surface area contributed by atoms with Gasteiger partial charge in [-0.1, -0.05) is 30.3 Å². The van der Waals surface area contributed by atoms with Crippen LogP contribution in [0.2, 0.25) is 0 Å². The zero-order chi connectivity index (χ0) is 23.9. The van der Waals surface area contributed by atoms with Crippen molar-refractivity contribution in [1.29, 1.82) is 0 Å². The van der Waals surface area contributed by atoms with E-state index in [0.717, 1.165) is 17.2 Å². The molecule has 0 radical (unpaired) electrons. The summed E-state index contributed by atoms with van der Waals surface area (Å²) < 4.78 is 7.29. The zero-order valence-electron chi connectivity index (χ0n) is 20.9. The molecule has 0 aliphatic carbocycles. The SMILES string of the molecule is Cc1nnc(CN=C(NCC(C)(C)NC(=O)OC(C)(C)C)NC(C)c2ccccc2)n1C.I. The van der Waals surface area contributed by atoms with Gasteiger partial charge in [0.2, 0.25) is 0 Å². The molecule has 0 fully saturated rings. The van der Waals surface area contributed by atoms with Crippen molar-refractivity contribution in [3.63, 3.8) is 0 Å². The Hall–Kier alpha value is -2.37. The molecule has 0 saturated heterocycles. The topological polar surface area (TPSA) is 105 Å². The molecule has 2 rings (SSSR count). The smallest absolute Gasteiger partial charge is 0.408 e. The van der Waals surface area contributed by atoms with Gasteiger partial charge >= 0.3 is 6.09 Å². The lowest BCUT2D eigenvalue weighted by atomic mass is 10.1. The van der Waals surface area contributed by atoms with Gasteiger partial charge in [-0.25, -0.2) is 9.79 Å². The second-order valence-electron chi connectivity index (χ2n) is 9.53. The standard InChI is InChI=1S/C23H37N7O2.HI/c1-16(18-12-10-9-11-13-18)26-20(24-14-19-29-28-17(2)30(19)8)25-15-23(6,7)27-21(31)32-22(3,4)5;/h9-13,16H,14-15H2,1-8H3,(H,27,31)(H2,24,25,26);1H. The average Bonchev–Trinajstić information content (AvgIpc) is 3.00. The molecule has 184 valence electrons. The van der Waals surface area contributed by atoms with Gasteiger partial charge in [0.25, 0.3) is 0 Å². The summed E-state index contributed by atoms with van der Waals surface area (Å²) in [5, 5.41) is 17.9. The molecular formula is C23H38IN7O2. The van der Waals surface area contributed by atoms with Crippen molar-refractivity contribution in [3.05, 3.63) is 47.5 Å². The molecule has 1 unspecified atom stereocenters. The van der Waals surface area contributed by atoms with Gasteiger partial charge in [0.05, 0.1) is 11.6 Å². The number of hydrogen-bond acceptors (Lipinski definition) is 5. The van der Waals surface area contributed by atoms with Crippen molar-refractivity contribution in [1.82, 2.24) is 30.7 Å². The summed E-state index contributed by atoms with van der Waals surface area (Å²) in [6.45, 7) is 14.2. The lowest BCUT2D eigenvalue weighted by Gasteiger charge is -2.30. The van der Waals surface area contributed by atoms with E-state index in [4.69, 9.17) is 9.73 Å². The van der Waals surface area contributed by atoms with Crippen LogP contribution in [0.3, 0.4) is 0 Å². The van der Waals surface area contributed by atoms with Crippen LogP contribution < -0.4 is 16.0 Å². The highest BCUT2D eigenvalue weighted by molar-refractivity contribution is 14.0. The number of hydrogen-bond donors (Lipinski definition) is 3. The third-order valence-electron chi connectivity index (χ3n) is 4.75. The minimum Gasteiger partial charge on any atom is -0.444 e. The lowest BCUT2D eigenvalue weighted by molar-refractivity contribution is 0.0474. The van der Waals surface area contributed by atoms with Crippen LogP contribution in [0.15, 0.2) is 35.3 Å². The zero-order valence-corrected chi connectivity index (χ0v) is 23.2. The first-order chi connectivity index (χ1) is 14.9. The molecule has 9 nitrogen and oxygen atoms in total. The minimum absolute atomic E-state index is 0. The fourth-order valence-corrected chi connectivity index (χ4v) is 2.85. The number of carbonyl (C=O) groups is 1. The van der Waals surface area contributed by atoms with Gasteiger partial charge in [-0.2, -0.15) is 0 Å². The number of rotatable bonds is 7. The third-order valence-corrected chi connectivity index (χ3v) is 4.75. The first kappa shape index (κ1) is 28.7. The molecule has 1 amide bonds. The van der Waals surface area contributed by atoms with Crippen LogP contribution in [-0.2, 0) is 18.3 Å². The number of aliphatic imine (C=N–C) groups is 1. The first-order valence-corrected chi connectivity index (χ1v) is 10.8. The Kier molecular flexibility index (Phi) is 10.6. The van der Waals surface area contributed by atoms with Crippen LogP contribution >= 0.6 is 24.0 Å². The van der Waals surface area contributed by atoms with E-state index >= 15 is 0 Å². The van der Waals surface area contributed by atoms with Crippen molar-refractivity contribution >= 4 is 36.0 Å². The number of aromatic nitrogens is 3. The largest absolute Gasteiger partial charge is 0.444 e. The molecule has 2 aromatic rings. The average molecular weight is 572 g/mol. The van der Waals surface area contributed by atoms with Gasteiger partial charge in [0.1, 0.15) is 18.0 Å². The molecule has 3 N–H and O–H groups in total. The Balaban J connectivity index is 0.00000544. The van der Waals surface area contributed by atoms with Crippen molar-refractivity contribution in [2.45, 2.75) is 72.2 Å². The van der Waals surface area contributed by atoms with Crippen LogP contribution in [0.5, 0.6) is 0 Å². The first-order valence-electron chi connectivity index (χ1n) is 10.8. The second kappa shape index (κ2) is 12.2. The van der Waals surface area contributed by atoms with E-state index in [-0.39, 0.29) is 30.0 Å². The highest BCUT2D eigenvalue weighted by Crippen LogP contribution is 2.12. The summed E-state index contributed by atoms with van der Waals surface area (Å²) in [6, 6.07) is 10.2. The van der Waals surface area contributed by atoms with E-state index in [1.54, 1.807) is 0 Å². The van der Waals surface area contributed by atoms with Gasteiger partial charge in [-0.3, -0.25) is 0 Å². The molecule has 1 atom stereocenters. The molecule has 0 aliphatic heterocycles. The summed E-state index contributed by atoms with van der Waals surface area (Å²) in [5.74, 6) is 2.21. The number of nitrogens with zero attached hydrogens (tertiary/aromatic N) is 4. The number of alkyl carbamates (subject to hydrolysis) is 1. The monoisotopic (exact) mass is 571 g/mol. The quantitative estimate of drug-likeness (QED) is 0.265. The number of guanidine groups is 1. The summed E-state index contributed by atoms with van der Waals surface area (Å²) in [6.07, 6.45) is -0.456. The Morgan fingerprint density at radius 3 is 2.33 bits per heavy atom. The van der Waals surface area contributed by atoms with Crippen molar-refractivity contribution < 1.29 is 9.53 Å². The maximum atomic E-state index is 12.2. The van der Waals surface area contributed by atoms with Crippen molar-refractivity contribution in [3.8, 4) is 0 Å². The fourth-order valence-electron chi connectivity index (χ4n) is 2.85. The molecule has 0 aliphatic rings. The molecular weight excluding hydrogens is 533 g/mol. The highest BCUT2D eigenvalue weighted by Gasteiger charge is 2.25.